The molecule has 2 aromatic rings. The van der Waals surface area contributed by atoms with Gasteiger partial charge in [-0.05, 0) is 18.2 Å². The van der Waals surface area contributed by atoms with E-state index in [-0.39, 0.29) is 10.8 Å². The van der Waals surface area contributed by atoms with Crippen molar-refractivity contribution in [3.05, 3.63) is 40.1 Å². The summed E-state index contributed by atoms with van der Waals surface area (Å²) in [6.07, 6.45) is 0. The Morgan fingerprint density at radius 2 is 2.00 bits per heavy atom. The van der Waals surface area contributed by atoms with E-state index in [9.17, 15) is 19.1 Å². The van der Waals surface area contributed by atoms with Crippen LogP contribution in [0.15, 0.2) is 23.0 Å². The Morgan fingerprint density at radius 1 is 1.31 bits per heavy atom. The third-order valence-corrected chi connectivity index (χ3v) is 2.17. The highest BCUT2D eigenvalue weighted by atomic mass is 19.1. The predicted octanol–water partition coefficient (Wildman–Crippen LogP) is 1.07. The summed E-state index contributed by atoms with van der Waals surface area (Å²) >= 11 is 0. The number of halogens is 1. The van der Waals surface area contributed by atoms with E-state index in [4.69, 9.17) is 5.11 Å². The molecular weight excluding hydrogens is 217 g/mol. The average Bonchev–Trinajstić information content (AvgIpc) is 2.22. The highest BCUT2D eigenvalue weighted by molar-refractivity contribution is 5.97. The Morgan fingerprint density at radius 3 is 2.62 bits per heavy atom. The second-order valence-electron chi connectivity index (χ2n) is 3.17. The van der Waals surface area contributed by atoms with Crippen LogP contribution in [0.1, 0.15) is 10.5 Å². The minimum absolute atomic E-state index is 0.00236. The summed E-state index contributed by atoms with van der Waals surface area (Å²) in [5.74, 6) is -2.68. The zero-order chi connectivity index (χ0) is 11.9. The molecule has 0 unspecified atom stereocenters. The number of benzene rings is 1. The maximum atomic E-state index is 12.9. The van der Waals surface area contributed by atoms with E-state index in [1.807, 2.05) is 4.98 Å². The molecule has 1 heterocycles. The van der Waals surface area contributed by atoms with Gasteiger partial charge in [0.1, 0.15) is 5.82 Å². The monoisotopic (exact) mass is 223 g/mol. The number of hydrogen-bond acceptors (Lipinski definition) is 3. The second kappa shape index (κ2) is 3.34. The van der Waals surface area contributed by atoms with Gasteiger partial charge in [-0.2, -0.15) is 0 Å². The standard InChI is InChI=1S/C10H6FNO4/c11-4-1-2-5-6(3-4)9(14)12-7(8(5)13)10(15)16/h1-3,13H,(H,12,14)(H,15,16). The van der Waals surface area contributed by atoms with E-state index in [1.54, 1.807) is 0 Å². The fraction of sp³-hybridized carbons (Fsp3) is 0. The van der Waals surface area contributed by atoms with Crippen molar-refractivity contribution in [3.8, 4) is 5.75 Å². The molecule has 16 heavy (non-hydrogen) atoms. The van der Waals surface area contributed by atoms with Gasteiger partial charge in [-0.25, -0.2) is 9.18 Å². The number of carbonyl (C=O) groups is 1. The number of carboxylic acid groups (broad SMARTS) is 1. The number of pyridine rings is 1. The summed E-state index contributed by atoms with van der Waals surface area (Å²) in [7, 11) is 0. The molecule has 0 saturated carbocycles. The van der Waals surface area contributed by atoms with E-state index >= 15 is 0 Å². The first-order chi connectivity index (χ1) is 7.50. The van der Waals surface area contributed by atoms with E-state index < -0.39 is 28.8 Å². The maximum absolute atomic E-state index is 12.9. The quantitative estimate of drug-likeness (QED) is 0.674. The van der Waals surface area contributed by atoms with Crippen LogP contribution in [0, 0.1) is 5.82 Å². The Labute approximate surface area is 87.8 Å². The molecule has 5 nitrogen and oxygen atoms in total. The van der Waals surface area contributed by atoms with Gasteiger partial charge in [-0.15, -0.1) is 0 Å². The fourth-order valence-electron chi connectivity index (χ4n) is 1.44. The first kappa shape index (κ1) is 10.2. The Hall–Kier alpha value is -2.37. The van der Waals surface area contributed by atoms with Gasteiger partial charge in [0.15, 0.2) is 11.4 Å². The number of aromatic hydroxyl groups is 1. The molecule has 0 bridgehead atoms. The molecule has 82 valence electrons. The first-order valence-corrected chi connectivity index (χ1v) is 4.28. The van der Waals surface area contributed by atoms with Crippen LogP contribution < -0.4 is 5.56 Å². The van der Waals surface area contributed by atoms with Crippen LogP contribution >= 0.6 is 0 Å². The molecule has 0 spiro atoms. The molecule has 0 aliphatic carbocycles. The number of aromatic carboxylic acids is 1. The second-order valence-corrected chi connectivity index (χ2v) is 3.17. The van der Waals surface area contributed by atoms with E-state index in [0.717, 1.165) is 18.2 Å². The van der Waals surface area contributed by atoms with Gasteiger partial charge in [0.2, 0.25) is 0 Å². The van der Waals surface area contributed by atoms with E-state index in [1.165, 1.54) is 0 Å². The van der Waals surface area contributed by atoms with E-state index in [2.05, 4.69) is 0 Å². The van der Waals surface area contributed by atoms with Gasteiger partial charge in [-0.3, -0.25) is 4.79 Å². The molecule has 1 aromatic heterocycles. The average molecular weight is 223 g/mol. The normalized spacial score (nSPS) is 10.6. The van der Waals surface area contributed by atoms with Gasteiger partial charge in [0.05, 0.1) is 5.39 Å². The molecule has 0 atom stereocenters. The molecule has 0 aliphatic heterocycles. The SMILES string of the molecule is O=C(O)c1[nH]c(=O)c2cc(F)ccc2c1O. The van der Waals surface area contributed by atoms with Crippen LogP contribution in [-0.4, -0.2) is 21.2 Å². The van der Waals surface area contributed by atoms with Crippen LogP contribution in [0.4, 0.5) is 4.39 Å². The summed E-state index contributed by atoms with van der Waals surface area (Å²) in [4.78, 5) is 24.1. The molecule has 0 amide bonds. The van der Waals surface area contributed by atoms with Crippen molar-refractivity contribution in [1.29, 1.82) is 0 Å². The van der Waals surface area contributed by atoms with Crippen LogP contribution in [-0.2, 0) is 0 Å². The lowest BCUT2D eigenvalue weighted by Crippen LogP contribution is -2.13. The van der Waals surface area contributed by atoms with Gasteiger partial charge in [0.25, 0.3) is 5.56 Å². The van der Waals surface area contributed by atoms with Gasteiger partial charge in [-0.1, -0.05) is 0 Å². The van der Waals surface area contributed by atoms with Crippen molar-refractivity contribution in [3.63, 3.8) is 0 Å². The summed E-state index contributed by atoms with van der Waals surface area (Å²) < 4.78 is 12.9. The number of hydrogen-bond donors (Lipinski definition) is 3. The number of nitrogens with one attached hydrogen (secondary N) is 1. The maximum Gasteiger partial charge on any atom is 0.356 e. The lowest BCUT2D eigenvalue weighted by Gasteiger charge is -2.03. The third kappa shape index (κ3) is 1.40. The molecule has 6 heteroatoms. The smallest absolute Gasteiger partial charge is 0.356 e. The number of fused-ring (bicyclic) bond motifs is 1. The Kier molecular flexibility index (Phi) is 2.12. The Balaban J connectivity index is 2.96. The van der Waals surface area contributed by atoms with Crippen LogP contribution in [0.3, 0.4) is 0 Å². The number of H-pyrrole nitrogens is 1. The molecule has 0 radical (unpaired) electrons. The third-order valence-electron chi connectivity index (χ3n) is 2.17. The van der Waals surface area contributed by atoms with Crippen molar-refractivity contribution in [2.45, 2.75) is 0 Å². The lowest BCUT2D eigenvalue weighted by atomic mass is 10.1. The molecule has 1 aromatic carbocycles. The highest BCUT2D eigenvalue weighted by Gasteiger charge is 2.15. The molecule has 0 saturated heterocycles. The van der Waals surface area contributed by atoms with Gasteiger partial charge >= 0.3 is 5.97 Å². The summed E-state index contributed by atoms with van der Waals surface area (Å²) in [6.45, 7) is 0. The Bertz CT molecular complexity index is 647. The number of carboxylic acids is 1. The van der Waals surface area contributed by atoms with Gasteiger partial charge < -0.3 is 15.2 Å². The number of rotatable bonds is 1. The van der Waals surface area contributed by atoms with Crippen molar-refractivity contribution >= 4 is 16.7 Å². The molecule has 0 fully saturated rings. The molecule has 0 aliphatic rings. The van der Waals surface area contributed by atoms with Crippen molar-refractivity contribution < 1.29 is 19.4 Å². The van der Waals surface area contributed by atoms with Crippen molar-refractivity contribution in [2.75, 3.05) is 0 Å². The number of aromatic amines is 1. The minimum Gasteiger partial charge on any atom is -0.505 e. The van der Waals surface area contributed by atoms with Crippen LogP contribution in [0.2, 0.25) is 0 Å². The van der Waals surface area contributed by atoms with Gasteiger partial charge in [0, 0.05) is 5.39 Å². The zero-order valence-electron chi connectivity index (χ0n) is 7.82. The zero-order valence-corrected chi connectivity index (χ0v) is 7.82. The molecule has 3 N–H and O–H groups in total. The van der Waals surface area contributed by atoms with Crippen molar-refractivity contribution in [1.82, 2.24) is 4.98 Å². The molecular formula is C10H6FNO4. The first-order valence-electron chi connectivity index (χ1n) is 4.28. The van der Waals surface area contributed by atoms with Crippen molar-refractivity contribution in [2.24, 2.45) is 0 Å². The van der Waals surface area contributed by atoms with E-state index in [0.29, 0.717) is 0 Å². The summed E-state index contributed by atoms with van der Waals surface area (Å²) in [5, 5.41) is 18.2. The van der Waals surface area contributed by atoms with Crippen LogP contribution in [0.25, 0.3) is 10.8 Å². The minimum atomic E-state index is -1.46. The fourth-order valence-corrected chi connectivity index (χ4v) is 1.44. The molecule has 2 rings (SSSR count). The predicted molar refractivity (Wildman–Crippen MR) is 53.2 cm³/mol. The lowest BCUT2D eigenvalue weighted by molar-refractivity contribution is 0.0687. The largest absolute Gasteiger partial charge is 0.505 e. The van der Waals surface area contributed by atoms with Crippen LogP contribution in [0.5, 0.6) is 5.75 Å². The topological polar surface area (TPSA) is 90.4 Å². The summed E-state index contributed by atoms with van der Waals surface area (Å²) in [5.41, 5.74) is -1.37. The summed E-state index contributed by atoms with van der Waals surface area (Å²) in [6, 6.07) is 3.12. The highest BCUT2D eigenvalue weighted by Crippen LogP contribution is 2.24. The number of aromatic nitrogens is 1.